The van der Waals surface area contributed by atoms with E-state index in [-0.39, 0.29) is 11.4 Å². The van der Waals surface area contributed by atoms with E-state index in [1.807, 2.05) is 6.92 Å². The van der Waals surface area contributed by atoms with E-state index in [0.29, 0.717) is 35.1 Å². The summed E-state index contributed by atoms with van der Waals surface area (Å²) >= 11 is 1.58. The minimum absolute atomic E-state index is 0.128. The third-order valence-corrected chi connectivity index (χ3v) is 7.93. The van der Waals surface area contributed by atoms with Gasteiger partial charge in [-0.1, -0.05) is 6.07 Å². The van der Waals surface area contributed by atoms with Crippen LogP contribution in [0.15, 0.2) is 35.5 Å². The first-order valence-electron chi connectivity index (χ1n) is 10.5. The molecule has 0 unspecified atom stereocenters. The molecule has 0 aliphatic heterocycles. The van der Waals surface area contributed by atoms with E-state index in [1.165, 1.54) is 12.8 Å². The molecule has 0 spiro atoms. The number of nitrogens with zero attached hydrogens (tertiary/aromatic N) is 3. The van der Waals surface area contributed by atoms with Crippen LogP contribution >= 0.6 is 11.3 Å². The van der Waals surface area contributed by atoms with Crippen LogP contribution < -0.4 is 10.5 Å². The molecular formula is C22H27N5O3S2. The van der Waals surface area contributed by atoms with Crippen molar-refractivity contribution in [3.05, 3.63) is 41.2 Å². The van der Waals surface area contributed by atoms with Gasteiger partial charge in [-0.05, 0) is 57.7 Å². The van der Waals surface area contributed by atoms with Crippen molar-refractivity contribution >= 4 is 27.2 Å². The number of nitrogens with two attached hydrogens (primary N) is 1. The predicted octanol–water partition coefficient (Wildman–Crippen LogP) is 3.47. The Labute approximate surface area is 192 Å². The first-order chi connectivity index (χ1) is 15.0. The predicted molar refractivity (Wildman–Crippen MR) is 126 cm³/mol. The van der Waals surface area contributed by atoms with Gasteiger partial charge in [-0.3, -0.25) is 0 Å². The second-order valence-corrected chi connectivity index (χ2v) is 11.6. The Morgan fingerprint density at radius 2 is 2.00 bits per heavy atom. The SMILES string of the molecule is Cc1ccc(S(=O)(=O)NCCC(C)(C)O)cc1-c1cnc(N)c(-c2cnc(C3CC3)s2)n1. The zero-order chi connectivity index (χ0) is 23.1. The highest BCUT2D eigenvalue weighted by Crippen LogP contribution is 2.44. The smallest absolute Gasteiger partial charge is 0.240 e. The summed E-state index contributed by atoms with van der Waals surface area (Å²) in [4.78, 5) is 14.5. The number of aliphatic hydroxyl groups is 1. The monoisotopic (exact) mass is 473 g/mol. The van der Waals surface area contributed by atoms with Gasteiger partial charge in [0, 0.05) is 24.2 Å². The normalized spacial score (nSPS) is 14.6. The molecule has 10 heteroatoms. The number of hydrogen-bond acceptors (Lipinski definition) is 8. The third kappa shape index (κ3) is 5.15. The Kier molecular flexibility index (Phi) is 6.06. The highest BCUT2D eigenvalue weighted by Gasteiger charge is 2.27. The van der Waals surface area contributed by atoms with Crippen molar-refractivity contribution in [3.8, 4) is 21.8 Å². The zero-order valence-corrected chi connectivity index (χ0v) is 19.9. The van der Waals surface area contributed by atoms with Crippen molar-refractivity contribution in [2.45, 2.75) is 56.4 Å². The molecule has 4 rings (SSSR count). The van der Waals surface area contributed by atoms with E-state index in [0.717, 1.165) is 15.4 Å². The number of nitrogens with one attached hydrogen (secondary N) is 1. The minimum atomic E-state index is -3.74. The molecule has 0 saturated heterocycles. The maximum Gasteiger partial charge on any atom is 0.240 e. The molecule has 3 aromatic rings. The molecule has 0 radical (unpaired) electrons. The Bertz CT molecular complexity index is 1240. The molecule has 1 fully saturated rings. The minimum Gasteiger partial charge on any atom is -0.390 e. The van der Waals surface area contributed by atoms with Crippen LogP contribution in [0.1, 0.15) is 49.6 Å². The van der Waals surface area contributed by atoms with Crippen LogP contribution in [0.25, 0.3) is 21.8 Å². The van der Waals surface area contributed by atoms with Crippen LogP contribution in [0.3, 0.4) is 0 Å². The maximum atomic E-state index is 12.8. The fourth-order valence-electron chi connectivity index (χ4n) is 3.24. The lowest BCUT2D eigenvalue weighted by Crippen LogP contribution is -2.30. The molecule has 1 saturated carbocycles. The Morgan fingerprint density at radius 3 is 2.69 bits per heavy atom. The van der Waals surface area contributed by atoms with Crippen LogP contribution in [0, 0.1) is 6.92 Å². The number of nitrogen functional groups attached to an aromatic ring is 1. The van der Waals surface area contributed by atoms with Gasteiger partial charge in [-0.25, -0.2) is 28.1 Å². The largest absolute Gasteiger partial charge is 0.390 e. The molecule has 8 nitrogen and oxygen atoms in total. The van der Waals surface area contributed by atoms with Gasteiger partial charge in [-0.15, -0.1) is 11.3 Å². The summed E-state index contributed by atoms with van der Waals surface area (Å²) in [5.74, 6) is 0.855. The second kappa shape index (κ2) is 8.51. The number of hydrogen-bond donors (Lipinski definition) is 3. The summed E-state index contributed by atoms with van der Waals surface area (Å²) in [5.41, 5.74) is 7.79. The van der Waals surface area contributed by atoms with E-state index >= 15 is 0 Å². The second-order valence-electron chi connectivity index (χ2n) is 8.76. The standard InChI is InChI=1S/C22H27N5O3S2/c1-13-4-7-15(32(29,30)26-9-8-22(2,3)28)10-16(13)17-11-24-20(23)19(27-17)18-12-25-21(31-18)14-5-6-14/h4,7,10-12,14,26,28H,5-6,8-9H2,1-3H3,(H2,23,24). The van der Waals surface area contributed by atoms with Gasteiger partial charge in [0.15, 0.2) is 5.82 Å². The molecular weight excluding hydrogens is 446 g/mol. The van der Waals surface area contributed by atoms with E-state index in [2.05, 4.69) is 14.7 Å². The molecule has 1 aliphatic rings. The van der Waals surface area contributed by atoms with Gasteiger partial charge < -0.3 is 10.8 Å². The van der Waals surface area contributed by atoms with Crippen molar-refractivity contribution in [2.75, 3.05) is 12.3 Å². The Balaban J connectivity index is 1.65. The van der Waals surface area contributed by atoms with Crippen LogP contribution in [0.5, 0.6) is 0 Å². The molecule has 32 heavy (non-hydrogen) atoms. The van der Waals surface area contributed by atoms with Gasteiger partial charge in [0.1, 0.15) is 5.69 Å². The van der Waals surface area contributed by atoms with Crippen molar-refractivity contribution in [1.82, 2.24) is 19.7 Å². The molecule has 1 aromatic carbocycles. The van der Waals surface area contributed by atoms with Crippen molar-refractivity contribution in [2.24, 2.45) is 0 Å². The average Bonchev–Trinajstić information content (AvgIpc) is 3.45. The average molecular weight is 474 g/mol. The molecule has 0 amide bonds. The molecule has 0 bridgehead atoms. The van der Waals surface area contributed by atoms with Crippen molar-refractivity contribution in [3.63, 3.8) is 0 Å². The summed E-state index contributed by atoms with van der Waals surface area (Å²) in [7, 11) is -3.74. The van der Waals surface area contributed by atoms with Gasteiger partial charge >= 0.3 is 0 Å². The molecule has 0 atom stereocenters. The number of aryl methyl sites for hydroxylation is 1. The number of aromatic nitrogens is 3. The lowest BCUT2D eigenvalue weighted by molar-refractivity contribution is 0.0728. The highest BCUT2D eigenvalue weighted by molar-refractivity contribution is 7.89. The summed E-state index contributed by atoms with van der Waals surface area (Å²) in [6.07, 6.45) is 5.97. The summed E-state index contributed by atoms with van der Waals surface area (Å²) in [5, 5.41) is 10.9. The summed E-state index contributed by atoms with van der Waals surface area (Å²) in [6.45, 7) is 5.30. The van der Waals surface area contributed by atoms with Crippen LogP contribution in [-0.2, 0) is 10.0 Å². The molecule has 2 heterocycles. The molecule has 4 N–H and O–H groups in total. The first kappa shape index (κ1) is 22.8. The highest BCUT2D eigenvalue weighted by atomic mass is 32.2. The van der Waals surface area contributed by atoms with E-state index < -0.39 is 15.6 Å². The Morgan fingerprint density at radius 1 is 1.25 bits per heavy atom. The van der Waals surface area contributed by atoms with Crippen molar-refractivity contribution in [1.29, 1.82) is 0 Å². The fraction of sp³-hybridized carbons (Fsp3) is 0.409. The fourth-order valence-corrected chi connectivity index (χ4v) is 5.39. The van der Waals surface area contributed by atoms with Crippen LogP contribution in [-0.4, -0.2) is 40.6 Å². The summed E-state index contributed by atoms with van der Waals surface area (Å²) in [6, 6.07) is 4.89. The van der Waals surface area contributed by atoms with Gasteiger partial charge in [-0.2, -0.15) is 0 Å². The van der Waals surface area contributed by atoms with Gasteiger partial charge in [0.05, 0.1) is 32.3 Å². The quantitative estimate of drug-likeness (QED) is 0.456. The Hall–Kier alpha value is -2.40. The third-order valence-electron chi connectivity index (χ3n) is 5.31. The number of thiazole rings is 1. The number of anilines is 1. The topological polar surface area (TPSA) is 131 Å². The van der Waals surface area contributed by atoms with Crippen LogP contribution in [0.2, 0.25) is 0 Å². The molecule has 1 aliphatic carbocycles. The number of rotatable bonds is 8. The van der Waals surface area contributed by atoms with E-state index in [1.54, 1.807) is 55.8 Å². The van der Waals surface area contributed by atoms with E-state index in [4.69, 9.17) is 10.7 Å². The number of sulfonamides is 1. The number of benzene rings is 1. The molecule has 170 valence electrons. The van der Waals surface area contributed by atoms with Crippen LogP contribution in [0.4, 0.5) is 5.82 Å². The van der Waals surface area contributed by atoms with E-state index in [9.17, 15) is 13.5 Å². The zero-order valence-electron chi connectivity index (χ0n) is 18.3. The van der Waals surface area contributed by atoms with Gasteiger partial charge in [0.2, 0.25) is 10.0 Å². The first-order valence-corrected chi connectivity index (χ1v) is 12.8. The lowest BCUT2D eigenvalue weighted by Gasteiger charge is -2.17. The van der Waals surface area contributed by atoms with Crippen molar-refractivity contribution < 1.29 is 13.5 Å². The molecule has 2 aromatic heterocycles. The maximum absolute atomic E-state index is 12.8. The van der Waals surface area contributed by atoms with Gasteiger partial charge in [0.25, 0.3) is 0 Å². The summed E-state index contributed by atoms with van der Waals surface area (Å²) < 4.78 is 28.1. The lowest BCUT2D eigenvalue weighted by atomic mass is 10.1.